The van der Waals surface area contributed by atoms with Gasteiger partial charge in [0.05, 0.1) is 11.7 Å². The zero-order valence-electron chi connectivity index (χ0n) is 12.6. The van der Waals surface area contributed by atoms with Crippen molar-refractivity contribution in [2.24, 2.45) is 5.41 Å². The largest absolute Gasteiger partial charge is 0.388 e. The van der Waals surface area contributed by atoms with Crippen LogP contribution < -0.4 is 5.32 Å². The van der Waals surface area contributed by atoms with Crippen LogP contribution in [0.25, 0.3) is 0 Å². The van der Waals surface area contributed by atoms with E-state index in [1.807, 2.05) is 0 Å². The van der Waals surface area contributed by atoms with Crippen LogP contribution >= 0.6 is 0 Å². The van der Waals surface area contributed by atoms with Gasteiger partial charge in [-0.05, 0) is 19.8 Å². The summed E-state index contributed by atoms with van der Waals surface area (Å²) < 4.78 is 11.1. The molecule has 0 aromatic rings. The van der Waals surface area contributed by atoms with E-state index >= 15 is 0 Å². The first-order valence-corrected chi connectivity index (χ1v) is 7.69. The van der Waals surface area contributed by atoms with Crippen LogP contribution in [0.2, 0.25) is 0 Å². The van der Waals surface area contributed by atoms with E-state index < -0.39 is 5.60 Å². The smallest absolute Gasteiger partial charge is 0.0815 e. The van der Waals surface area contributed by atoms with E-state index in [2.05, 4.69) is 26.1 Å². The Hall–Kier alpha value is -0.160. The van der Waals surface area contributed by atoms with Gasteiger partial charge >= 0.3 is 0 Å². The quantitative estimate of drug-likeness (QED) is 0.772. The molecular weight excluding hydrogens is 242 g/mol. The van der Waals surface area contributed by atoms with E-state index in [1.165, 1.54) is 0 Å². The van der Waals surface area contributed by atoms with E-state index in [9.17, 15) is 5.11 Å². The second-order valence-corrected chi connectivity index (χ2v) is 6.31. The van der Waals surface area contributed by atoms with Crippen molar-refractivity contribution in [3.63, 3.8) is 0 Å². The molecule has 2 aliphatic rings. The molecule has 1 heterocycles. The molecule has 1 aliphatic heterocycles. The third-order valence-electron chi connectivity index (χ3n) is 5.21. The molecule has 0 amide bonds. The van der Waals surface area contributed by atoms with Gasteiger partial charge in [-0.2, -0.15) is 0 Å². The molecule has 2 N–H and O–H groups in total. The number of hydrogen-bond donors (Lipinski definition) is 2. The fourth-order valence-electron chi connectivity index (χ4n) is 3.31. The zero-order chi connectivity index (χ0) is 13.9. The van der Waals surface area contributed by atoms with Crippen LogP contribution in [0.4, 0.5) is 0 Å². The summed E-state index contributed by atoms with van der Waals surface area (Å²) >= 11 is 0. The van der Waals surface area contributed by atoms with Crippen LogP contribution in [-0.4, -0.2) is 49.2 Å². The number of rotatable bonds is 6. The van der Waals surface area contributed by atoms with Crippen molar-refractivity contribution in [1.82, 2.24) is 5.32 Å². The zero-order valence-corrected chi connectivity index (χ0v) is 12.6. The summed E-state index contributed by atoms with van der Waals surface area (Å²) in [6.07, 6.45) is 4.01. The van der Waals surface area contributed by atoms with E-state index in [1.54, 1.807) is 0 Å². The molecule has 0 spiro atoms. The van der Waals surface area contributed by atoms with Crippen molar-refractivity contribution in [3.8, 4) is 0 Å². The van der Waals surface area contributed by atoms with Gasteiger partial charge in [0, 0.05) is 50.7 Å². The van der Waals surface area contributed by atoms with E-state index in [0.29, 0.717) is 31.9 Å². The summed E-state index contributed by atoms with van der Waals surface area (Å²) in [7, 11) is 0. The molecule has 2 fully saturated rings. The first kappa shape index (κ1) is 15.2. The van der Waals surface area contributed by atoms with Gasteiger partial charge < -0.3 is 19.9 Å². The Morgan fingerprint density at radius 3 is 2.58 bits per heavy atom. The lowest BCUT2D eigenvalue weighted by Crippen LogP contribution is -2.64. The van der Waals surface area contributed by atoms with Crippen molar-refractivity contribution < 1.29 is 14.6 Å². The standard InChI is InChI=1S/C15H29NO3/c1-4-14(3)12(10-13(14)19-5-2)16-11-15(17)6-8-18-9-7-15/h12-13,16-17H,4-11H2,1-3H3. The normalized spacial score (nSPS) is 37.9. The fraction of sp³-hybridized carbons (Fsp3) is 1.00. The van der Waals surface area contributed by atoms with E-state index in [4.69, 9.17) is 9.47 Å². The van der Waals surface area contributed by atoms with Gasteiger partial charge in [-0.25, -0.2) is 0 Å². The predicted molar refractivity (Wildman–Crippen MR) is 75.2 cm³/mol. The molecule has 19 heavy (non-hydrogen) atoms. The molecule has 0 aromatic carbocycles. The highest BCUT2D eigenvalue weighted by molar-refractivity contribution is 5.05. The molecule has 0 bridgehead atoms. The minimum Gasteiger partial charge on any atom is -0.388 e. The van der Waals surface area contributed by atoms with Gasteiger partial charge in [-0.3, -0.25) is 0 Å². The van der Waals surface area contributed by atoms with Crippen molar-refractivity contribution in [3.05, 3.63) is 0 Å². The molecule has 0 radical (unpaired) electrons. The Morgan fingerprint density at radius 1 is 1.32 bits per heavy atom. The second kappa shape index (κ2) is 6.08. The molecule has 2 rings (SSSR count). The topological polar surface area (TPSA) is 50.7 Å². The second-order valence-electron chi connectivity index (χ2n) is 6.31. The van der Waals surface area contributed by atoms with Gasteiger partial charge in [0.25, 0.3) is 0 Å². The van der Waals surface area contributed by atoms with Crippen molar-refractivity contribution in [2.75, 3.05) is 26.4 Å². The first-order chi connectivity index (χ1) is 9.04. The number of nitrogens with one attached hydrogen (secondary N) is 1. The lowest BCUT2D eigenvalue weighted by atomic mass is 9.61. The van der Waals surface area contributed by atoms with Crippen LogP contribution in [0, 0.1) is 5.41 Å². The highest BCUT2D eigenvalue weighted by Crippen LogP contribution is 2.46. The fourth-order valence-corrected chi connectivity index (χ4v) is 3.31. The van der Waals surface area contributed by atoms with Gasteiger partial charge in [0.2, 0.25) is 0 Å². The average Bonchev–Trinajstić information content (AvgIpc) is 2.41. The Kier molecular flexibility index (Phi) is 4.88. The molecule has 112 valence electrons. The van der Waals surface area contributed by atoms with Crippen LogP contribution in [0.1, 0.15) is 46.5 Å². The monoisotopic (exact) mass is 271 g/mol. The van der Waals surface area contributed by atoms with Crippen molar-refractivity contribution in [2.45, 2.75) is 64.2 Å². The Balaban J connectivity index is 1.83. The maximum atomic E-state index is 10.5. The highest BCUT2D eigenvalue weighted by atomic mass is 16.5. The summed E-state index contributed by atoms with van der Waals surface area (Å²) in [6, 6.07) is 0.459. The third kappa shape index (κ3) is 3.13. The molecule has 3 atom stereocenters. The maximum Gasteiger partial charge on any atom is 0.0815 e. The Labute approximate surface area is 116 Å². The van der Waals surface area contributed by atoms with Crippen LogP contribution in [0.3, 0.4) is 0 Å². The molecule has 4 heteroatoms. The molecule has 1 aliphatic carbocycles. The van der Waals surface area contributed by atoms with Gasteiger partial charge in [-0.1, -0.05) is 13.8 Å². The number of ether oxygens (including phenoxy) is 2. The summed E-state index contributed by atoms with van der Waals surface area (Å²) in [5.74, 6) is 0. The van der Waals surface area contributed by atoms with E-state index in [0.717, 1.165) is 32.3 Å². The average molecular weight is 271 g/mol. The molecule has 0 aromatic heterocycles. The molecule has 1 saturated heterocycles. The predicted octanol–water partition coefficient (Wildman–Crippen LogP) is 1.71. The lowest BCUT2D eigenvalue weighted by molar-refractivity contribution is -0.133. The first-order valence-electron chi connectivity index (χ1n) is 7.69. The van der Waals surface area contributed by atoms with Crippen molar-refractivity contribution in [1.29, 1.82) is 0 Å². The summed E-state index contributed by atoms with van der Waals surface area (Å²) in [5, 5.41) is 14.1. The van der Waals surface area contributed by atoms with Crippen molar-refractivity contribution >= 4 is 0 Å². The maximum absolute atomic E-state index is 10.5. The summed E-state index contributed by atoms with van der Waals surface area (Å²) in [6.45, 7) is 9.39. The van der Waals surface area contributed by atoms with Gasteiger partial charge in [-0.15, -0.1) is 0 Å². The number of aliphatic hydroxyl groups is 1. The molecule has 1 saturated carbocycles. The SMILES string of the molecule is CCOC1CC(NCC2(O)CCOCC2)C1(C)CC. The van der Waals surface area contributed by atoms with Crippen LogP contribution in [0.15, 0.2) is 0 Å². The Morgan fingerprint density at radius 2 is 2.00 bits per heavy atom. The highest BCUT2D eigenvalue weighted by Gasteiger charge is 2.51. The minimum absolute atomic E-state index is 0.206. The molecular formula is C15H29NO3. The number of hydrogen-bond acceptors (Lipinski definition) is 4. The summed E-state index contributed by atoms with van der Waals surface area (Å²) in [5.41, 5.74) is -0.374. The molecule has 3 unspecified atom stereocenters. The third-order valence-corrected chi connectivity index (χ3v) is 5.21. The summed E-state index contributed by atoms with van der Waals surface area (Å²) in [4.78, 5) is 0. The molecule has 4 nitrogen and oxygen atoms in total. The van der Waals surface area contributed by atoms with E-state index in [-0.39, 0.29) is 5.41 Å². The van der Waals surface area contributed by atoms with Crippen LogP contribution in [0.5, 0.6) is 0 Å². The van der Waals surface area contributed by atoms with Crippen LogP contribution in [-0.2, 0) is 9.47 Å². The van der Waals surface area contributed by atoms with Gasteiger partial charge in [0.15, 0.2) is 0 Å². The Bertz CT molecular complexity index is 291. The van der Waals surface area contributed by atoms with Gasteiger partial charge in [0.1, 0.15) is 0 Å². The lowest BCUT2D eigenvalue weighted by Gasteiger charge is -2.54. The minimum atomic E-state index is -0.580.